The molecule has 92 valence electrons. The van der Waals surface area contributed by atoms with Gasteiger partial charge in [0.2, 0.25) is 0 Å². The first-order chi connectivity index (χ1) is 8.00. The first kappa shape index (κ1) is 13.4. The Hall–Kier alpha value is -1.68. The highest BCUT2D eigenvalue weighted by molar-refractivity contribution is 5.89. The van der Waals surface area contributed by atoms with Gasteiger partial charge in [-0.15, -0.1) is 0 Å². The minimum absolute atomic E-state index is 0.270. The molecule has 0 bridgehead atoms. The third kappa shape index (κ3) is 3.39. The summed E-state index contributed by atoms with van der Waals surface area (Å²) in [7, 11) is 1.37. The lowest BCUT2D eigenvalue weighted by molar-refractivity contribution is -0.153. The Balaban J connectivity index is 2.98. The van der Waals surface area contributed by atoms with Crippen LogP contribution in [0.3, 0.4) is 0 Å². The number of carboxylic acids is 1. The average Bonchev–Trinajstić information content (AvgIpc) is 2.28. The van der Waals surface area contributed by atoms with Gasteiger partial charge in [0.25, 0.3) is 0 Å². The van der Waals surface area contributed by atoms with Gasteiger partial charge in [0, 0.05) is 13.5 Å². The van der Waals surface area contributed by atoms with Gasteiger partial charge in [0.05, 0.1) is 6.42 Å². The molecular formula is C13H16O4. The maximum atomic E-state index is 11.6. The molecule has 0 saturated carbocycles. The Morgan fingerprint density at radius 2 is 1.88 bits per heavy atom. The largest absolute Gasteiger partial charge is 0.481 e. The molecule has 4 heteroatoms. The topological polar surface area (TPSA) is 63.6 Å². The summed E-state index contributed by atoms with van der Waals surface area (Å²) < 4.78 is 5.18. The number of aliphatic carboxylic acids is 1. The van der Waals surface area contributed by atoms with Crippen molar-refractivity contribution in [2.75, 3.05) is 7.11 Å². The second kappa shape index (κ2) is 5.59. The second-order valence-corrected chi connectivity index (χ2v) is 3.99. The average molecular weight is 236 g/mol. The predicted molar refractivity (Wildman–Crippen MR) is 62.8 cm³/mol. The molecule has 0 radical (unpaired) electrons. The van der Waals surface area contributed by atoms with Crippen LogP contribution in [0.2, 0.25) is 0 Å². The van der Waals surface area contributed by atoms with Crippen molar-refractivity contribution in [2.24, 2.45) is 0 Å². The third-order valence-corrected chi connectivity index (χ3v) is 2.80. The number of rotatable bonds is 6. The van der Waals surface area contributed by atoms with E-state index in [1.165, 1.54) is 14.0 Å². The van der Waals surface area contributed by atoms with Crippen molar-refractivity contribution in [3.05, 3.63) is 35.9 Å². The number of methoxy groups -OCH3 is 1. The summed E-state index contributed by atoms with van der Waals surface area (Å²) in [5, 5.41) is 8.87. The van der Waals surface area contributed by atoms with Crippen molar-refractivity contribution >= 4 is 11.8 Å². The van der Waals surface area contributed by atoms with Gasteiger partial charge in [0.15, 0.2) is 5.78 Å². The molecule has 0 aliphatic carbocycles. The number of hydrogen-bond donors (Lipinski definition) is 1. The highest BCUT2D eigenvalue weighted by Gasteiger charge is 2.38. The van der Waals surface area contributed by atoms with E-state index in [-0.39, 0.29) is 18.6 Å². The molecule has 1 rings (SSSR count). The highest BCUT2D eigenvalue weighted by Crippen LogP contribution is 2.23. The van der Waals surface area contributed by atoms with Crippen molar-refractivity contribution in [3.8, 4) is 0 Å². The van der Waals surface area contributed by atoms with E-state index in [1.54, 1.807) is 0 Å². The molecule has 0 saturated heterocycles. The lowest BCUT2D eigenvalue weighted by Gasteiger charge is -2.28. The Morgan fingerprint density at radius 1 is 1.29 bits per heavy atom. The fourth-order valence-electron chi connectivity index (χ4n) is 1.77. The molecule has 0 heterocycles. The molecule has 4 nitrogen and oxygen atoms in total. The van der Waals surface area contributed by atoms with E-state index in [2.05, 4.69) is 0 Å². The zero-order chi connectivity index (χ0) is 12.9. The van der Waals surface area contributed by atoms with Crippen molar-refractivity contribution in [1.29, 1.82) is 0 Å². The van der Waals surface area contributed by atoms with Crippen LogP contribution in [-0.2, 0) is 20.7 Å². The quantitative estimate of drug-likeness (QED) is 0.816. The standard InChI is InChI=1S/C13H16O4/c1-10(14)13(17-2,9-12(15)16)8-11-6-4-3-5-7-11/h3-7H,8-9H2,1-2H3,(H,15,16). The number of ether oxygens (including phenoxy) is 1. The van der Waals surface area contributed by atoms with Gasteiger partial charge in [-0.2, -0.15) is 0 Å². The van der Waals surface area contributed by atoms with E-state index in [9.17, 15) is 9.59 Å². The third-order valence-electron chi connectivity index (χ3n) is 2.80. The Kier molecular flexibility index (Phi) is 4.40. The summed E-state index contributed by atoms with van der Waals surface area (Å²) in [6.45, 7) is 1.36. The molecular weight excluding hydrogens is 220 g/mol. The van der Waals surface area contributed by atoms with Gasteiger partial charge in [-0.3, -0.25) is 9.59 Å². The summed E-state index contributed by atoms with van der Waals surface area (Å²) >= 11 is 0. The summed E-state index contributed by atoms with van der Waals surface area (Å²) in [5.74, 6) is -1.32. The van der Waals surface area contributed by atoms with Crippen LogP contribution in [0.1, 0.15) is 18.9 Å². The van der Waals surface area contributed by atoms with Crippen LogP contribution >= 0.6 is 0 Å². The molecule has 17 heavy (non-hydrogen) atoms. The van der Waals surface area contributed by atoms with E-state index in [1.807, 2.05) is 30.3 Å². The lowest BCUT2D eigenvalue weighted by atomic mass is 9.87. The minimum Gasteiger partial charge on any atom is -0.481 e. The van der Waals surface area contributed by atoms with Gasteiger partial charge in [-0.25, -0.2) is 0 Å². The smallest absolute Gasteiger partial charge is 0.306 e. The molecule has 1 unspecified atom stereocenters. The number of hydrogen-bond acceptors (Lipinski definition) is 3. The fourth-order valence-corrected chi connectivity index (χ4v) is 1.77. The second-order valence-electron chi connectivity index (χ2n) is 3.99. The molecule has 0 aromatic heterocycles. The summed E-state index contributed by atoms with van der Waals surface area (Å²) in [4.78, 5) is 22.5. The van der Waals surface area contributed by atoms with Crippen LogP contribution in [0.4, 0.5) is 0 Å². The molecule has 0 spiro atoms. The number of carbonyl (C=O) groups excluding carboxylic acids is 1. The SMILES string of the molecule is COC(CC(=O)O)(Cc1ccccc1)C(C)=O. The van der Waals surface area contributed by atoms with Crippen LogP contribution in [-0.4, -0.2) is 29.6 Å². The normalized spacial score (nSPS) is 14.0. The molecule has 0 aliphatic rings. The highest BCUT2D eigenvalue weighted by atomic mass is 16.5. The number of carbonyl (C=O) groups is 2. The Bertz CT molecular complexity index is 399. The lowest BCUT2D eigenvalue weighted by Crippen LogP contribution is -2.43. The van der Waals surface area contributed by atoms with Gasteiger partial charge in [-0.1, -0.05) is 30.3 Å². The van der Waals surface area contributed by atoms with Crippen LogP contribution < -0.4 is 0 Å². The molecule has 0 amide bonds. The molecule has 1 aromatic carbocycles. The van der Waals surface area contributed by atoms with E-state index in [4.69, 9.17) is 9.84 Å². The first-order valence-corrected chi connectivity index (χ1v) is 5.32. The summed E-state index contributed by atoms with van der Waals surface area (Å²) in [6.07, 6.45) is -0.0559. The zero-order valence-corrected chi connectivity index (χ0v) is 9.97. The first-order valence-electron chi connectivity index (χ1n) is 5.32. The molecule has 1 aromatic rings. The van der Waals surface area contributed by atoms with E-state index in [0.29, 0.717) is 0 Å². The van der Waals surface area contributed by atoms with E-state index in [0.717, 1.165) is 5.56 Å². The van der Waals surface area contributed by atoms with E-state index < -0.39 is 11.6 Å². The van der Waals surface area contributed by atoms with Crippen molar-refractivity contribution in [2.45, 2.75) is 25.4 Å². The summed E-state index contributed by atoms with van der Waals surface area (Å²) in [5.41, 5.74) is -0.390. The Morgan fingerprint density at radius 3 is 2.29 bits per heavy atom. The molecule has 0 aliphatic heterocycles. The van der Waals surface area contributed by atoms with Crippen molar-refractivity contribution in [1.82, 2.24) is 0 Å². The number of Topliss-reactive ketones (excluding diaryl/α,β-unsaturated/α-hetero) is 1. The molecule has 0 fully saturated rings. The molecule has 1 N–H and O–H groups in total. The predicted octanol–water partition coefficient (Wildman–Crippen LogP) is 1.68. The van der Waals surface area contributed by atoms with Gasteiger partial charge in [-0.05, 0) is 12.5 Å². The summed E-state index contributed by atoms with van der Waals surface area (Å²) in [6, 6.07) is 9.24. The number of ketones is 1. The number of carboxylic acid groups (broad SMARTS) is 1. The zero-order valence-electron chi connectivity index (χ0n) is 9.97. The van der Waals surface area contributed by atoms with Gasteiger partial charge in [0.1, 0.15) is 5.60 Å². The number of benzene rings is 1. The Labute approximate surface area is 100 Å². The maximum absolute atomic E-state index is 11.6. The van der Waals surface area contributed by atoms with Gasteiger partial charge >= 0.3 is 5.97 Å². The van der Waals surface area contributed by atoms with Crippen molar-refractivity contribution < 1.29 is 19.4 Å². The minimum atomic E-state index is -1.27. The van der Waals surface area contributed by atoms with Gasteiger partial charge < -0.3 is 9.84 Å². The maximum Gasteiger partial charge on any atom is 0.306 e. The van der Waals surface area contributed by atoms with Crippen LogP contribution in [0, 0.1) is 0 Å². The van der Waals surface area contributed by atoms with Crippen molar-refractivity contribution in [3.63, 3.8) is 0 Å². The molecule has 1 atom stereocenters. The van der Waals surface area contributed by atoms with Crippen LogP contribution in [0.25, 0.3) is 0 Å². The fraction of sp³-hybridized carbons (Fsp3) is 0.385. The van der Waals surface area contributed by atoms with Crippen LogP contribution in [0.15, 0.2) is 30.3 Å². The van der Waals surface area contributed by atoms with Crippen LogP contribution in [0.5, 0.6) is 0 Å². The van der Waals surface area contributed by atoms with E-state index >= 15 is 0 Å². The monoisotopic (exact) mass is 236 g/mol.